The molecule has 0 bridgehead atoms. The van der Waals surface area contributed by atoms with Crippen LogP contribution in [0.1, 0.15) is 12.1 Å². The monoisotopic (exact) mass is 535 g/mol. The highest BCUT2D eigenvalue weighted by Gasteiger charge is 2.38. The number of nitrogens with one attached hydrogen (secondary N) is 3. The zero-order chi connectivity index (χ0) is 28.0. The minimum Gasteiger partial charge on any atom is -0.497 e. The molecule has 13 heteroatoms. The van der Waals surface area contributed by atoms with Crippen molar-refractivity contribution in [2.45, 2.75) is 19.5 Å². The van der Waals surface area contributed by atoms with Gasteiger partial charge in [-0.25, -0.2) is 9.78 Å². The van der Waals surface area contributed by atoms with Crippen LogP contribution in [0.2, 0.25) is 0 Å². The second kappa shape index (κ2) is 14.9. The van der Waals surface area contributed by atoms with E-state index in [4.69, 9.17) is 19.4 Å². The number of aromatic nitrogens is 2. The van der Waals surface area contributed by atoms with Crippen molar-refractivity contribution in [3.8, 4) is 11.5 Å². The van der Waals surface area contributed by atoms with Crippen molar-refractivity contribution in [2.24, 2.45) is 0 Å². The van der Waals surface area contributed by atoms with E-state index in [0.29, 0.717) is 37.9 Å². The number of carbonyl (C=O) groups excluding carboxylic acids is 1. The van der Waals surface area contributed by atoms with Crippen molar-refractivity contribution in [1.82, 2.24) is 9.97 Å². The fourth-order valence-electron chi connectivity index (χ4n) is 2.79. The highest BCUT2D eigenvalue weighted by molar-refractivity contribution is 5.91. The molecule has 0 aliphatic rings. The Morgan fingerprint density at radius 3 is 2.21 bits per heavy atom. The van der Waals surface area contributed by atoms with Crippen LogP contribution >= 0.6 is 0 Å². The number of halogens is 3. The summed E-state index contributed by atoms with van der Waals surface area (Å²) in [6.07, 6.45) is -4.78. The third-order valence-corrected chi connectivity index (χ3v) is 4.53. The number of carboxylic acid groups (broad SMARTS) is 1. The SMILES string of the molecule is COc1ccc(NC(=O)CCNc2cc(C)nc(NCCOc3ccccc3)n2)cc1.O=C(O)C(F)(F)F. The number of carboxylic acids is 1. The van der Waals surface area contributed by atoms with Crippen LogP contribution in [0, 0.1) is 6.92 Å². The molecule has 0 radical (unpaired) electrons. The zero-order valence-electron chi connectivity index (χ0n) is 20.7. The smallest absolute Gasteiger partial charge is 0.490 e. The maximum Gasteiger partial charge on any atom is 0.490 e. The van der Waals surface area contributed by atoms with Gasteiger partial charge in [-0.1, -0.05) is 18.2 Å². The molecule has 0 aliphatic heterocycles. The van der Waals surface area contributed by atoms with Crippen LogP contribution in [0.5, 0.6) is 11.5 Å². The molecule has 0 aliphatic carbocycles. The molecule has 204 valence electrons. The van der Waals surface area contributed by atoms with Crippen LogP contribution in [-0.2, 0) is 9.59 Å². The molecular weight excluding hydrogens is 507 g/mol. The van der Waals surface area contributed by atoms with Gasteiger partial charge >= 0.3 is 12.1 Å². The van der Waals surface area contributed by atoms with E-state index in [-0.39, 0.29) is 5.91 Å². The highest BCUT2D eigenvalue weighted by Crippen LogP contribution is 2.16. The maximum atomic E-state index is 12.1. The fraction of sp³-hybridized carbons (Fsp3) is 0.280. The van der Waals surface area contributed by atoms with Crippen molar-refractivity contribution < 1.29 is 37.3 Å². The minimum absolute atomic E-state index is 0.0835. The van der Waals surface area contributed by atoms with Crippen molar-refractivity contribution >= 4 is 29.3 Å². The number of alkyl halides is 3. The Hall–Kier alpha value is -4.55. The van der Waals surface area contributed by atoms with Crippen LogP contribution in [0.4, 0.5) is 30.6 Å². The number of rotatable bonds is 11. The zero-order valence-corrected chi connectivity index (χ0v) is 20.7. The number of amides is 1. The van der Waals surface area contributed by atoms with Gasteiger partial charge in [-0.15, -0.1) is 0 Å². The lowest BCUT2D eigenvalue weighted by Crippen LogP contribution is -2.21. The second-order valence-corrected chi connectivity index (χ2v) is 7.56. The van der Waals surface area contributed by atoms with E-state index in [2.05, 4.69) is 25.9 Å². The summed E-state index contributed by atoms with van der Waals surface area (Å²) < 4.78 is 42.5. The number of hydrogen-bond donors (Lipinski definition) is 4. The van der Waals surface area contributed by atoms with Crippen LogP contribution < -0.4 is 25.4 Å². The molecular formula is C25H28F3N5O5. The molecule has 1 amide bonds. The molecule has 0 saturated carbocycles. The molecule has 0 spiro atoms. The number of hydrogen-bond acceptors (Lipinski definition) is 8. The first-order chi connectivity index (χ1) is 18.1. The first kappa shape index (κ1) is 29.7. The summed E-state index contributed by atoms with van der Waals surface area (Å²) in [5, 5.41) is 16.3. The summed E-state index contributed by atoms with van der Waals surface area (Å²) in [6, 6.07) is 18.7. The number of aryl methyl sites for hydroxylation is 1. The summed E-state index contributed by atoms with van der Waals surface area (Å²) in [4.78, 5) is 29.9. The number of carbonyl (C=O) groups is 2. The summed E-state index contributed by atoms with van der Waals surface area (Å²) in [7, 11) is 1.60. The Morgan fingerprint density at radius 1 is 0.947 bits per heavy atom. The van der Waals surface area contributed by atoms with Crippen LogP contribution in [0.3, 0.4) is 0 Å². The maximum absolute atomic E-state index is 12.1. The number of para-hydroxylation sites is 1. The molecule has 2 aromatic carbocycles. The average Bonchev–Trinajstić information content (AvgIpc) is 2.87. The van der Waals surface area contributed by atoms with Gasteiger partial charge in [-0.05, 0) is 43.3 Å². The average molecular weight is 536 g/mol. The number of ether oxygens (including phenoxy) is 2. The number of methoxy groups -OCH3 is 1. The largest absolute Gasteiger partial charge is 0.497 e. The van der Waals surface area contributed by atoms with E-state index in [1.165, 1.54) is 0 Å². The summed E-state index contributed by atoms with van der Waals surface area (Å²) in [5.74, 6) is -0.0926. The topological polar surface area (TPSA) is 135 Å². The van der Waals surface area contributed by atoms with Crippen molar-refractivity contribution in [3.63, 3.8) is 0 Å². The van der Waals surface area contributed by atoms with E-state index in [0.717, 1.165) is 22.9 Å². The molecule has 0 fully saturated rings. The molecule has 0 atom stereocenters. The third kappa shape index (κ3) is 11.5. The van der Waals surface area contributed by atoms with E-state index in [1.54, 1.807) is 31.4 Å². The van der Waals surface area contributed by atoms with Crippen molar-refractivity contribution in [1.29, 1.82) is 0 Å². The first-order valence-corrected chi connectivity index (χ1v) is 11.3. The van der Waals surface area contributed by atoms with Gasteiger partial charge in [0.05, 0.1) is 13.7 Å². The Morgan fingerprint density at radius 2 is 1.61 bits per heavy atom. The lowest BCUT2D eigenvalue weighted by atomic mass is 10.3. The van der Waals surface area contributed by atoms with Gasteiger partial charge < -0.3 is 30.5 Å². The fourth-order valence-corrected chi connectivity index (χ4v) is 2.79. The molecule has 0 unspecified atom stereocenters. The Bertz CT molecular complexity index is 1160. The second-order valence-electron chi connectivity index (χ2n) is 7.56. The van der Waals surface area contributed by atoms with Gasteiger partial charge in [0.15, 0.2) is 0 Å². The standard InChI is InChI=1S/C23H27N5O3.C2HF3O2/c1-17-16-21(24-13-12-22(29)27-18-8-10-19(30-2)11-9-18)28-23(26-17)25-14-15-31-20-6-4-3-5-7-20;3-2(4,5)1(6)7/h3-11,16H,12-15H2,1-2H3,(H,27,29)(H2,24,25,26,28);(H,6,7). The van der Waals surface area contributed by atoms with Crippen molar-refractivity contribution in [3.05, 3.63) is 66.4 Å². The molecule has 38 heavy (non-hydrogen) atoms. The Kier molecular flexibility index (Phi) is 11.6. The molecule has 4 N–H and O–H groups in total. The van der Waals surface area contributed by atoms with E-state index in [1.807, 2.05) is 43.3 Å². The Labute approximate surface area is 217 Å². The molecule has 1 aromatic heterocycles. The van der Waals surface area contributed by atoms with Gasteiger partial charge in [0.25, 0.3) is 0 Å². The lowest BCUT2D eigenvalue weighted by molar-refractivity contribution is -0.192. The van der Waals surface area contributed by atoms with Gasteiger partial charge in [0.1, 0.15) is 23.9 Å². The third-order valence-electron chi connectivity index (χ3n) is 4.53. The molecule has 3 rings (SSSR count). The predicted molar refractivity (Wildman–Crippen MR) is 136 cm³/mol. The summed E-state index contributed by atoms with van der Waals surface area (Å²) in [6.45, 7) is 3.42. The minimum atomic E-state index is -5.08. The first-order valence-electron chi connectivity index (χ1n) is 11.3. The van der Waals surface area contributed by atoms with Gasteiger partial charge in [0.2, 0.25) is 11.9 Å². The predicted octanol–water partition coefficient (Wildman–Crippen LogP) is 4.36. The van der Waals surface area contributed by atoms with Gasteiger partial charge in [-0.2, -0.15) is 18.2 Å². The number of aliphatic carboxylic acids is 1. The van der Waals surface area contributed by atoms with E-state index < -0.39 is 12.1 Å². The molecule has 3 aromatic rings. The number of benzene rings is 2. The van der Waals surface area contributed by atoms with Crippen LogP contribution in [-0.4, -0.2) is 59.9 Å². The number of anilines is 3. The molecule has 0 saturated heterocycles. The summed E-state index contributed by atoms with van der Waals surface area (Å²) >= 11 is 0. The van der Waals surface area contributed by atoms with Crippen LogP contribution in [0.25, 0.3) is 0 Å². The van der Waals surface area contributed by atoms with Gasteiger partial charge in [-0.3, -0.25) is 4.79 Å². The normalized spacial score (nSPS) is 10.4. The number of nitrogens with zero attached hydrogens (tertiary/aromatic N) is 2. The van der Waals surface area contributed by atoms with Crippen LogP contribution in [0.15, 0.2) is 60.7 Å². The summed E-state index contributed by atoms with van der Waals surface area (Å²) in [5.41, 5.74) is 1.56. The quantitative estimate of drug-likeness (QED) is 0.264. The van der Waals surface area contributed by atoms with Gasteiger partial charge in [0, 0.05) is 30.4 Å². The highest BCUT2D eigenvalue weighted by atomic mass is 19.4. The van der Waals surface area contributed by atoms with E-state index >= 15 is 0 Å². The lowest BCUT2D eigenvalue weighted by Gasteiger charge is -2.11. The molecule has 1 heterocycles. The Balaban J connectivity index is 0.000000638. The molecule has 10 nitrogen and oxygen atoms in total. The van der Waals surface area contributed by atoms with Crippen molar-refractivity contribution in [2.75, 3.05) is 42.8 Å². The van der Waals surface area contributed by atoms with E-state index in [9.17, 15) is 18.0 Å².